The van der Waals surface area contributed by atoms with Crippen molar-refractivity contribution in [1.29, 1.82) is 0 Å². The molecule has 300 valence electrons. The van der Waals surface area contributed by atoms with E-state index in [-0.39, 0.29) is 12.6 Å². The van der Waals surface area contributed by atoms with Crippen molar-refractivity contribution in [1.82, 2.24) is 0 Å². The molecule has 0 saturated carbocycles. The summed E-state index contributed by atoms with van der Waals surface area (Å²) < 4.78 is 11.2. The first-order chi connectivity index (χ1) is 25.2. The Bertz CT molecular complexity index is 757. The molecule has 0 aromatic heterocycles. The van der Waals surface area contributed by atoms with E-state index in [1.165, 1.54) is 167 Å². The van der Waals surface area contributed by atoms with Crippen LogP contribution in [0.2, 0.25) is 0 Å². The van der Waals surface area contributed by atoms with E-state index in [0.717, 1.165) is 44.9 Å². The van der Waals surface area contributed by atoms with Crippen LogP contribution >= 0.6 is 0 Å². The molecular weight excluding hydrogens is 629 g/mol. The predicted octanol–water partition coefficient (Wildman–Crippen LogP) is 14.9. The lowest BCUT2D eigenvalue weighted by Crippen LogP contribution is -2.27. The van der Waals surface area contributed by atoms with Gasteiger partial charge >= 0.3 is 5.97 Å². The van der Waals surface area contributed by atoms with Gasteiger partial charge in [-0.2, -0.15) is 0 Å². The van der Waals surface area contributed by atoms with Crippen molar-refractivity contribution in [3.8, 4) is 0 Å². The second kappa shape index (κ2) is 44.8. The molecule has 0 heterocycles. The van der Waals surface area contributed by atoms with E-state index in [4.69, 9.17) is 9.47 Å². The summed E-state index contributed by atoms with van der Waals surface area (Å²) in [5.74, 6) is -0.209. The van der Waals surface area contributed by atoms with Crippen molar-refractivity contribution in [3.05, 3.63) is 36.5 Å². The van der Waals surface area contributed by atoms with Crippen LogP contribution in [-0.2, 0) is 14.3 Å². The number of hydrogen-bond acceptors (Lipinski definition) is 4. The summed E-state index contributed by atoms with van der Waals surface area (Å²) in [5.41, 5.74) is 0. The molecule has 0 aliphatic rings. The van der Waals surface area contributed by atoms with Crippen LogP contribution in [0.5, 0.6) is 0 Å². The molecule has 0 aromatic carbocycles. The molecule has 0 aliphatic heterocycles. The zero-order valence-electron chi connectivity index (χ0n) is 34.4. The van der Waals surface area contributed by atoms with Crippen LogP contribution in [0.15, 0.2) is 36.5 Å². The number of esters is 1. The Hall–Kier alpha value is -1.39. The van der Waals surface area contributed by atoms with Crippen molar-refractivity contribution in [3.63, 3.8) is 0 Å². The molecule has 0 rings (SSSR count). The molecule has 0 fully saturated rings. The number of carbonyl (C=O) groups is 1. The van der Waals surface area contributed by atoms with Gasteiger partial charge in [-0.25, -0.2) is 0 Å². The molecule has 4 heteroatoms. The summed E-state index contributed by atoms with van der Waals surface area (Å²) in [4.78, 5) is 12.2. The van der Waals surface area contributed by atoms with Gasteiger partial charge < -0.3 is 14.6 Å². The largest absolute Gasteiger partial charge is 0.457 e. The lowest BCUT2D eigenvalue weighted by Gasteiger charge is -2.16. The SMILES string of the molecule is CCCCCCC/C=C\C/C=C\C/C=C\CCCCCCCCC(=O)OC(CO)COCCCCCCCCCCCCCCCCCCCC. The van der Waals surface area contributed by atoms with Crippen molar-refractivity contribution in [2.24, 2.45) is 0 Å². The van der Waals surface area contributed by atoms with E-state index in [1.54, 1.807) is 0 Å². The highest BCUT2D eigenvalue weighted by Gasteiger charge is 2.13. The Labute approximate surface area is 319 Å². The Morgan fingerprint density at radius 1 is 0.471 bits per heavy atom. The first-order valence-electron chi connectivity index (χ1n) is 22.6. The van der Waals surface area contributed by atoms with E-state index in [1.807, 2.05) is 0 Å². The summed E-state index contributed by atoms with van der Waals surface area (Å²) in [5, 5.41) is 9.61. The number of aliphatic hydroxyl groups is 1. The zero-order valence-corrected chi connectivity index (χ0v) is 34.4. The standard InChI is InChI=1S/C47H88O4/c1-3-5-7-9-11-13-15-17-19-21-23-24-25-26-28-30-32-34-36-38-40-42-47(49)51-46(44-48)45-50-43-41-39-37-35-33-31-29-27-22-20-18-16-14-12-10-8-6-4-2/h15,17,21,23,25-26,46,48H,3-14,16,18-20,22,24,27-45H2,1-2H3/b17-15-,23-21-,26-25-. The third-order valence-corrected chi connectivity index (χ3v) is 9.97. The number of hydrogen-bond donors (Lipinski definition) is 1. The fourth-order valence-corrected chi connectivity index (χ4v) is 6.57. The summed E-state index contributed by atoms with van der Waals surface area (Å²) >= 11 is 0. The highest BCUT2D eigenvalue weighted by atomic mass is 16.6. The van der Waals surface area contributed by atoms with Crippen LogP contribution in [-0.4, -0.2) is 37.0 Å². The molecule has 4 nitrogen and oxygen atoms in total. The summed E-state index contributed by atoms with van der Waals surface area (Å²) in [6, 6.07) is 0. The molecule has 0 bridgehead atoms. The Balaban J connectivity index is 3.44. The second-order valence-electron chi connectivity index (χ2n) is 15.1. The number of aliphatic hydroxyl groups excluding tert-OH is 1. The van der Waals surface area contributed by atoms with Gasteiger partial charge in [0.1, 0.15) is 6.10 Å². The van der Waals surface area contributed by atoms with Crippen molar-refractivity contribution < 1.29 is 19.4 Å². The van der Waals surface area contributed by atoms with Gasteiger partial charge in [0.2, 0.25) is 0 Å². The molecule has 0 amide bonds. The van der Waals surface area contributed by atoms with Crippen LogP contribution in [0.4, 0.5) is 0 Å². The Morgan fingerprint density at radius 3 is 1.24 bits per heavy atom. The summed E-state index contributed by atoms with van der Waals surface area (Å²) in [6.07, 6.45) is 56.4. The number of allylic oxidation sites excluding steroid dienone is 6. The van der Waals surface area contributed by atoms with Crippen LogP contribution in [0, 0.1) is 0 Å². The number of carbonyl (C=O) groups excluding carboxylic acids is 1. The first kappa shape index (κ1) is 49.6. The van der Waals surface area contributed by atoms with Gasteiger partial charge in [0.05, 0.1) is 13.2 Å². The quantitative estimate of drug-likeness (QED) is 0.0388. The van der Waals surface area contributed by atoms with Gasteiger partial charge in [-0.1, -0.05) is 211 Å². The second-order valence-corrected chi connectivity index (χ2v) is 15.1. The average Bonchev–Trinajstić information content (AvgIpc) is 3.14. The topological polar surface area (TPSA) is 55.8 Å². The van der Waals surface area contributed by atoms with Gasteiger partial charge in [0.15, 0.2) is 0 Å². The predicted molar refractivity (Wildman–Crippen MR) is 224 cm³/mol. The van der Waals surface area contributed by atoms with Gasteiger partial charge in [-0.3, -0.25) is 4.79 Å². The third-order valence-electron chi connectivity index (χ3n) is 9.97. The summed E-state index contributed by atoms with van der Waals surface area (Å²) in [6.45, 7) is 5.35. The average molecular weight is 717 g/mol. The highest BCUT2D eigenvalue weighted by molar-refractivity contribution is 5.69. The highest BCUT2D eigenvalue weighted by Crippen LogP contribution is 2.15. The van der Waals surface area contributed by atoms with E-state index in [2.05, 4.69) is 50.3 Å². The van der Waals surface area contributed by atoms with Crippen LogP contribution in [0.1, 0.15) is 232 Å². The van der Waals surface area contributed by atoms with Crippen molar-refractivity contribution in [2.45, 2.75) is 238 Å². The Kier molecular flexibility index (Phi) is 43.5. The van der Waals surface area contributed by atoms with Crippen LogP contribution < -0.4 is 0 Å². The van der Waals surface area contributed by atoms with Crippen LogP contribution in [0.3, 0.4) is 0 Å². The lowest BCUT2D eigenvalue weighted by atomic mass is 10.0. The molecule has 0 aliphatic carbocycles. The smallest absolute Gasteiger partial charge is 0.306 e. The minimum absolute atomic E-state index is 0.174. The maximum absolute atomic E-state index is 12.2. The number of unbranched alkanes of at least 4 members (excludes halogenated alkanes) is 28. The van der Waals surface area contributed by atoms with Crippen molar-refractivity contribution in [2.75, 3.05) is 19.8 Å². The maximum Gasteiger partial charge on any atom is 0.306 e. The van der Waals surface area contributed by atoms with E-state index in [9.17, 15) is 9.90 Å². The maximum atomic E-state index is 12.2. The van der Waals surface area contributed by atoms with E-state index in [0.29, 0.717) is 19.6 Å². The zero-order chi connectivity index (χ0) is 37.0. The molecule has 0 saturated heterocycles. The normalized spacial score (nSPS) is 12.6. The molecule has 51 heavy (non-hydrogen) atoms. The van der Waals surface area contributed by atoms with Gasteiger partial charge in [0, 0.05) is 13.0 Å². The van der Waals surface area contributed by atoms with Gasteiger partial charge in [0.25, 0.3) is 0 Å². The van der Waals surface area contributed by atoms with Gasteiger partial charge in [-0.15, -0.1) is 0 Å². The Morgan fingerprint density at radius 2 is 0.824 bits per heavy atom. The lowest BCUT2D eigenvalue weighted by molar-refractivity contribution is -0.154. The van der Waals surface area contributed by atoms with Crippen molar-refractivity contribution >= 4 is 5.97 Å². The minimum atomic E-state index is -0.539. The molecule has 1 N–H and O–H groups in total. The fraction of sp³-hybridized carbons (Fsp3) is 0.851. The molecule has 0 spiro atoms. The summed E-state index contributed by atoms with van der Waals surface area (Å²) in [7, 11) is 0. The molecule has 1 unspecified atom stereocenters. The fourth-order valence-electron chi connectivity index (χ4n) is 6.57. The molecular formula is C47H88O4. The minimum Gasteiger partial charge on any atom is -0.457 e. The first-order valence-corrected chi connectivity index (χ1v) is 22.6. The van der Waals surface area contributed by atoms with E-state index >= 15 is 0 Å². The molecule has 1 atom stereocenters. The van der Waals surface area contributed by atoms with Gasteiger partial charge in [-0.05, 0) is 51.4 Å². The number of ether oxygens (including phenoxy) is 2. The third kappa shape index (κ3) is 42.9. The number of rotatable bonds is 42. The monoisotopic (exact) mass is 717 g/mol. The molecule has 0 radical (unpaired) electrons. The van der Waals surface area contributed by atoms with E-state index < -0.39 is 6.10 Å². The van der Waals surface area contributed by atoms with Crippen LogP contribution in [0.25, 0.3) is 0 Å². The molecule has 0 aromatic rings.